The molecule has 1 aromatic heterocycles. The van der Waals surface area contributed by atoms with Crippen LogP contribution >= 0.6 is 0 Å². The minimum Gasteiger partial charge on any atom is -0.342 e. The van der Waals surface area contributed by atoms with Gasteiger partial charge in [-0.2, -0.15) is 0 Å². The molecule has 2 saturated carbocycles. The summed E-state index contributed by atoms with van der Waals surface area (Å²) in [6, 6.07) is 5.77. The first-order valence-electron chi connectivity index (χ1n) is 6.24. The Bertz CT molecular complexity index is 537. The van der Waals surface area contributed by atoms with Crippen LogP contribution in [-0.2, 0) is 26.5 Å². The van der Waals surface area contributed by atoms with Crippen LogP contribution in [0.15, 0.2) is 36.7 Å². The Kier molecular flexibility index (Phi) is 2.57. The van der Waals surface area contributed by atoms with E-state index < -0.39 is 0 Å². The molecule has 0 amide bonds. The minimum absolute atomic E-state index is 0. The predicted octanol–water partition coefficient (Wildman–Crippen LogP) is 2.96. The number of rotatable bonds is 1. The zero-order valence-electron chi connectivity index (χ0n) is 10.3. The molecule has 18 heavy (non-hydrogen) atoms. The van der Waals surface area contributed by atoms with Gasteiger partial charge in [0.1, 0.15) is 0 Å². The normalized spacial score (nSPS) is 23.7. The third-order valence-corrected chi connectivity index (χ3v) is 4.48. The van der Waals surface area contributed by atoms with Crippen molar-refractivity contribution in [3.63, 3.8) is 0 Å². The van der Waals surface area contributed by atoms with Gasteiger partial charge in [0.15, 0.2) is 0 Å². The van der Waals surface area contributed by atoms with Crippen LogP contribution in [-0.4, -0.2) is 11.0 Å². The number of anilines is 1. The van der Waals surface area contributed by atoms with E-state index >= 15 is 0 Å². The summed E-state index contributed by atoms with van der Waals surface area (Å²) in [5.74, 6) is 1.13. The smallest absolute Gasteiger partial charge is 0.0517 e. The van der Waals surface area contributed by atoms with Crippen molar-refractivity contribution in [1.29, 1.82) is 0 Å². The van der Waals surface area contributed by atoms with Crippen molar-refractivity contribution in [2.24, 2.45) is 0 Å². The van der Waals surface area contributed by atoms with Crippen LogP contribution in [0.2, 0.25) is 0 Å². The Morgan fingerprint density at radius 2 is 2.06 bits per heavy atom. The molecular formula is C15H15N2W-. The molecule has 2 heterocycles. The standard InChI is InChI=1S/C15H15N2.W/c1-10-8-12(9-10)17-11(2)15(5-6-15)13-4-3-7-16-14(13)17;/h4,7,12H,1-2,5-6,8-9H2;/q-1;. The zero-order valence-corrected chi connectivity index (χ0v) is 13.2. The van der Waals surface area contributed by atoms with Crippen molar-refractivity contribution < 1.29 is 21.1 Å². The Balaban J connectivity index is 0.000001000. The van der Waals surface area contributed by atoms with Crippen LogP contribution in [0, 0.1) is 6.07 Å². The summed E-state index contributed by atoms with van der Waals surface area (Å²) in [6.45, 7) is 8.37. The second kappa shape index (κ2) is 3.80. The van der Waals surface area contributed by atoms with Crippen molar-refractivity contribution in [3.05, 3.63) is 48.3 Å². The molecule has 2 nitrogen and oxygen atoms in total. The topological polar surface area (TPSA) is 16.1 Å². The predicted molar refractivity (Wildman–Crippen MR) is 67.8 cm³/mol. The van der Waals surface area contributed by atoms with E-state index in [0.717, 1.165) is 18.7 Å². The van der Waals surface area contributed by atoms with Gasteiger partial charge < -0.3 is 4.90 Å². The maximum Gasteiger partial charge on any atom is 0.0517 e. The summed E-state index contributed by atoms with van der Waals surface area (Å²) < 4.78 is 0. The fourth-order valence-corrected chi connectivity index (χ4v) is 3.28. The molecule has 1 spiro atoms. The summed E-state index contributed by atoms with van der Waals surface area (Å²) in [5, 5.41) is 0. The van der Waals surface area contributed by atoms with Gasteiger partial charge in [-0.1, -0.05) is 37.8 Å². The molecule has 0 N–H and O–H groups in total. The number of pyridine rings is 1. The number of allylic oxidation sites excluding steroid dienone is 1. The first-order chi connectivity index (χ1) is 8.22. The number of nitrogens with zero attached hydrogens (tertiary/aromatic N) is 2. The van der Waals surface area contributed by atoms with Crippen LogP contribution in [0.25, 0.3) is 0 Å². The Hall–Kier alpha value is -0.882. The summed E-state index contributed by atoms with van der Waals surface area (Å²) in [4.78, 5) is 6.90. The largest absolute Gasteiger partial charge is 0.342 e. The average molecular weight is 407 g/mol. The van der Waals surface area contributed by atoms with Gasteiger partial charge in [-0.05, 0) is 18.3 Å². The second-order valence-corrected chi connectivity index (χ2v) is 5.52. The van der Waals surface area contributed by atoms with Crippen molar-refractivity contribution in [2.45, 2.75) is 37.1 Å². The number of fused-ring (bicyclic) bond motifs is 2. The van der Waals surface area contributed by atoms with Gasteiger partial charge in [0, 0.05) is 32.8 Å². The van der Waals surface area contributed by atoms with Gasteiger partial charge in [-0.3, -0.25) is 4.98 Å². The maximum absolute atomic E-state index is 4.53. The van der Waals surface area contributed by atoms with Crippen molar-refractivity contribution >= 4 is 5.82 Å². The molecule has 0 saturated heterocycles. The summed E-state index contributed by atoms with van der Waals surface area (Å²) >= 11 is 0. The Morgan fingerprint density at radius 3 is 2.67 bits per heavy atom. The van der Waals surface area contributed by atoms with E-state index in [9.17, 15) is 0 Å². The SMILES string of the molecule is C=C1CC(N2C(=C)C3(CC3)c3c[c-]cnc32)C1.[W]. The molecule has 0 radical (unpaired) electrons. The van der Waals surface area contributed by atoms with E-state index in [4.69, 9.17) is 0 Å². The second-order valence-electron chi connectivity index (χ2n) is 5.52. The van der Waals surface area contributed by atoms with Gasteiger partial charge >= 0.3 is 0 Å². The van der Waals surface area contributed by atoms with E-state index in [1.165, 1.54) is 29.7 Å². The van der Waals surface area contributed by atoms with Crippen LogP contribution < -0.4 is 4.90 Å². The summed E-state index contributed by atoms with van der Waals surface area (Å²) in [5.41, 5.74) is 4.18. The number of hydrogen-bond donors (Lipinski definition) is 0. The van der Waals surface area contributed by atoms with Crippen molar-refractivity contribution in [2.75, 3.05) is 4.90 Å². The molecule has 3 aliphatic rings. The van der Waals surface area contributed by atoms with E-state index in [0.29, 0.717) is 6.04 Å². The molecule has 2 fully saturated rings. The molecule has 92 valence electrons. The van der Waals surface area contributed by atoms with E-state index in [-0.39, 0.29) is 26.5 Å². The fourth-order valence-electron chi connectivity index (χ4n) is 3.28. The third kappa shape index (κ3) is 1.36. The van der Waals surface area contributed by atoms with Gasteiger partial charge in [-0.15, -0.1) is 5.56 Å². The molecule has 1 aliphatic heterocycles. The minimum atomic E-state index is 0. The van der Waals surface area contributed by atoms with Crippen molar-refractivity contribution in [1.82, 2.24) is 4.98 Å². The van der Waals surface area contributed by atoms with Gasteiger partial charge in [0.25, 0.3) is 0 Å². The third-order valence-electron chi connectivity index (χ3n) is 4.48. The first-order valence-corrected chi connectivity index (χ1v) is 6.24. The summed E-state index contributed by atoms with van der Waals surface area (Å²) in [7, 11) is 0. The van der Waals surface area contributed by atoms with E-state index in [1.807, 2.05) is 0 Å². The Morgan fingerprint density at radius 1 is 1.33 bits per heavy atom. The molecule has 0 aromatic carbocycles. The molecule has 4 rings (SSSR count). The van der Waals surface area contributed by atoms with Crippen LogP contribution in [0.1, 0.15) is 31.2 Å². The maximum atomic E-state index is 4.53. The molecule has 0 bridgehead atoms. The number of hydrogen-bond acceptors (Lipinski definition) is 2. The molecule has 0 unspecified atom stereocenters. The monoisotopic (exact) mass is 407 g/mol. The zero-order chi connectivity index (χ0) is 11.6. The molecule has 2 aliphatic carbocycles. The average Bonchev–Trinajstić information content (AvgIpc) is 3.04. The summed E-state index contributed by atoms with van der Waals surface area (Å²) in [6.07, 6.45) is 6.41. The molecule has 3 heteroatoms. The molecular weight excluding hydrogens is 392 g/mol. The molecule has 1 aromatic rings. The Labute approximate surface area is 122 Å². The first kappa shape index (κ1) is 12.2. The van der Waals surface area contributed by atoms with Gasteiger partial charge in [0.2, 0.25) is 0 Å². The van der Waals surface area contributed by atoms with E-state index in [1.54, 1.807) is 6.20 Å². The van der Waals surface area contributed by atoms with Crippen LogP contribution in [0.4, 0.5) is 5.82 Å². The number of aromatic nitrogens is 1. The van der Waals surface area contributed by atoms with Gasteiger partial charge in [-0.25, -0.2) is 12.1 Å². The fraction of sp³-hybridized carbons (Fsp3) is 0.400. The van der Waals surface area contributed by atoms with E-state index in [2.05, 4.69) is 35.2 Å². The van der Waals surface area contributed by atoms with Crippen LogP contribution in [0.3, 0.4) is 0 Å². The quantitative estimate of drug-likeness (QED) is 0.526. The molecule has 0 atom stereocenters. The van der Waals surface area contributed by atoms with Crippen LogP contribution in [0.5, 0.6) is 0 Å². The van der Waals surface area contributed by atoms with Gasteiger partial charge in [0.05, 0.1) is 5.82 Å². The van der Waals surface area contributed by atoms with Crippen molar-refractivity contribution in [3.8, 4) is 0 Å².